The smallest absolute Gasteiger partial charge is 0.418 e. The summed E-state index contributed by atoms with van der Waals surface area (Å²) in [4.78, 5) is 18.9. The number of aromatic nitrogens is 2. The van der Waals surface area contributed by atoms with Gasteiger partial charge in [-0.2, -0.15) is 13.2 Å². The summed E-state index contributed by atoms with van der Waals surface area (Å²) in [6.45, 7) is 13.5. The predicted molar refractivity (Wildman–Crippen MR) is 159 cm³/mol. The number of benzene rings is 1. The molecule has 0 spiro atoms. The van der Waals surface area contributed by atoms with Crippen molar-refractivity contribution in [3.8, 4) is 11.5 Å². The van der Waals surface area contributed by atoms with Crippen LogP contribution in [0.5, 0.6) is 11.5 Å². The van der Waals surface area contributed by atoms with Gasteiger partial charge < -0.3 is 29.4 Å². The van der Waals surface area contributed by atoms with Gasteiger partial charge in [0.25, 0.3) is 0 Å². The standard InChI is InChI=1S/C29H40F3N5O4Si/c1-21-18-22(35-28(38)34-9-5-11-36-12-14-39-15-13-36)6-7-24(21)41-25-8-10-33-27-26(25)23(29(30,31)32)19-37(27)20-40-16-17-42(2,3)4/h6-8,10,18-19H,5,9,11-17,20H2,1-4H3,(H2,34,35,38). The van der Waals surface area contributed by atoms with Crippen LogP contribution in [0.25, 0.3) is 11.0 Å². The van der Waals surface area contributed by atoms with E-state index in [0.29, 0.717) is 30.2 Å². The Balaban J connectivity index is 1.41. The van der Waals surface area contributed by atoms with Crippen molar-refractivity contribution in [1.29, 1.82) is 0 Å². The lowest BCUT2D eigenvalue weighted by Gasteiger charge is -2.26. The molecule has 3 aromatic rings. The van der Waals surface area contributed by atoms with Crippen molar-refractivity contribution in [1.82, 2.24) is 19.8 Å². The quantitative estimate of drug-likeness (QED) is 0.185. The molecular formula is C29H40F3N5O4Si. The third kappa shape index (κ3) is 8.93. The predicted octanol–water partition coefficient (Wildman–Crippen LogP) is 6.31. The number of alkyl halides is 3. The summed E-state index contributed by atoms with van der Waals surface area (Å²) in [5.41, 5.74) is 0.487. The molecule has 1 aromatic carbocycles. The van der Waals surface area contributed by atoms with E-state index in [-0.39, 0.29) is 29.5 Å². The van der Waals surface area contributed by atoms with Crippen molar-refractivity contribution < 1.29 is 32.2 Å². The van der Waals surface area contributed by atoms with Crippen LogP contribution < -0.4 is 15.4 Å². The number of urea groups is 1. The summed E-state index contributed by atoms with van der Waals surface area (Å²) in [7, 11) is -1.34. The normalized spacial score (nSPS) is 14.7. The zero-order valence-electron chi connectivity index (χ0n) is 24.6. The molecule has 1 fully saturated rings. The summed E-state index contributed by atoms with van der Waals surface area (Å²) >= 11 is 0. The molecule has 0 saturated carbocycles. The van der Waals surface area contributed by atoms with Gasteiger partial charge in [-0.1, -0.05) is 19.6 Å². The first-order chi connectivity index (χ1) is 19.9. The number of carbonyl (C=O) groups excluding carboxylic acids is 1. The molecule has 2 amide bonds. The topological polar surface area (TPSA) is 89.9 Å². The summed E-state index contributed by atoms with van der Waals surface area (Å²) < 4.78 is 60.6. The lowest BCUT2D eigenvalue weighted by molar-refractivity contribution is -0.136. The second-order valence-electron chi connectivity index (χ2n) is 11.6. The number of nitrogens with zero attached hydrogens (tertiary/aromatic N) is 3. The number of anilines is 1. The van der Waals surface area contributed by atoms with Crippen molar-refractivity contribution in [3.63, 3.8) is 0 Å². The first-order valence-electron chi connectivity index (χ1n) is 14.2. The van der Waals surface area contributed by atoms with Crippen LogP contribution in [0.1, 0.15) is 17.5 Å². The van der Waals surface area contributed by atoms with Crippen molar-refractivity contribution in [2.75, 3.05) is 51.3 Å². The molecule has 2 N–H and O–H groups in total. The van der Waals surface area contributed by atoms with Gasteiger partial charge in [0.15, 0.2) is 0 Å². The van der Waals surface area contributed by atoms with Crippen LogP contribution in [-0.2, 0) is 22.4 Å². The summed E-state index contributed by atoms with van der Waals surface area (Å²) in [6.07, 6.45) is -1.34. The molecule has 42 heavy (non-hydrogen) atoms. The van der Waals surface area contributed by atoms with Crippen LogP contribution in [-0.4, -0.2) is 74.6 Å². The van der Waals surface area contributed by atoms with Gasteiger partial charge in [0.1, 0.15) is 23.9 Å². The molecule has 3 heterocycles. The first kappa shape index (κ1) is 31.8. The number of amides is 2. The van der Waals surface area contributed by atoms with Crippen LogP contribution >= 0.6 is 0 Å². The van der Waals surface area contributed by atoms with Crippen LogP contribution in [0.2, 0.25) is 25.7 Å². The van der Waals surface area contributed by atoms with E-state index in [9.17, 15) is 18.0 Å². The molecule has 0 bridgehead atoms. The van der Waals surface area contributed by atoms with Crippen molar-refractivity contribution in [2.24, 2.45) is 0 Å². The van der Waals surface area contributed by atoms with E-state index in [2.05, 4.69) is 40.2 Å². The van der Waals surface area contributed by atoms with Gasteiger partial charge in [0.2, 0.25) is 0 Å². The SMILES string of the molecule is Cc1cc(NC(=O)NCCCN2CCOCC2)ccc1Oc1ccnc2c1c(C(F)(F)F)cn2COCC[Si](C)(C)C. The van der Waals surface area contributed by atoms with Gasteiger partial charge in [0, 0.05) is 52.4 Å². The zero-order valence-corrected chi connectivity index (χ0v) is 25.6. The number of hydrogen-bond acceptors (Lipinski definition) is 6. The number of pyridine rings is 1. The average Bonchev–Trinajstić information content (AvgIpc) is 3.31. The van der Waals surface area contributed by atoms with E-state index in [1.165, 1.54) is 16.8 Å². The number of fused-ring (bicyclic) bond motifs is 1. The second kappa shape index (κ2) is 13.9. The highest BCUT2D eigenvalue weighted by molar-refractivity contribution is 6.76. The number of ether oxygens (including phenoxy) is 3. The van der Waals surface area contributed by atoms with Gasteiger partial charge in [-0.3, -0.25) is 4.90 Å². The lowest BCUT2D eigenvalue weighted by Crippen LogP contribution is -2.38. The maximum atomic E-state index is 14.1. The molecule has 0 atom stereocenters. The van der Waals surface area contributed by atoms with Crippen molar-refractivity contribution >= 4 is 30.8 Å². The number of morpholine rings is 1. The molecule has 0 unspecified atom stereocenters. The molecule has 2 aromatic heterocycles. The fourth-order valence-electron chi connectivity index (χ4n) is 4.59. The molecule has 4 rings (SSSR count). The third-order valence-corrected chi connectivity index (χ3v) is 8.65. The van der Waals surface area contributed by atoms with Gasteiger partial charge in [-0.15, -0.1) is 0 Å². The fraction of sp³-hybridized carbons (Fsp3) is 0.517. The highest BCUT2D eigenvalue weighted by atomic mass is 28.3. The number of carbonyl (C=O) groups is 1. The molecule has 1 aliphatic heterocycles. The molecule has 230 valence electrons. The Morgan fingerprint density at radius 3 is 2.60 bits per heavy atom. The van der Waals surface area contributed by atoms with E-state index in [0.717, 1.165) is 51.5 Å². The third-order valence-electron chi connectivity index (χ3n) is 6.94. The fourth-order valence-corrected chi connectivity index (χ4v) is 5.35. The highest BCUT2D eigenvalue weighted by Crippen LogP contribution is 2.41. The highest BCUT2D eigenvalue weighted by Gasteiger charge is 2.36. The number of aryl methyl sites for hydroxylation is 1. The van der Waals surface area contributed by atoms with E-state index < -0.39 is 19.8 Å². The minimum absolute atomic E-state index is 0.0370. The Hall–Kier alpha value is -3.13. The van der Waals surface area contributed by atoms with Crippen LogP contribution in [0.4, 0.5) is 23.7 Å². The molecular weight excluding hydrogens is 567 g/mol. The van der Waals surface area contributed by atoms with E-state index >= 15 is 0 Å². The summed E-state index contributed by atoms with van der Waals surface area (Å²) in [6, 6.07) is 6.98. The Morgan fingerprint density at radius 2 is 1.90 bits per heavy atom. The van der Waals surface area contributed by atoms with E-state index in [4.69, 9.17) is 14.2 Å². The molecule has 9 nitrogen and oxygen atoms in total. The van der Waals surface area contributed by atoms with Crippen molar-refractivity contribution in [3.05, 3.63) is 47.8 Å². The average molecular weight is 608 g/mol. The van der Waals surface area contributed by atoms with Crippen molar-refractivity contribution in [2.45, 2.75) is 51.9 Å². The lowest BCUT2D eigenvalue weighted by atomic mass is 10.2. The van der Waals surface area contributed by atoms with Gasteiger partial charge in [-0.25, -0.2) is 9.78 Å². The largest absolute Gasteiger partial charge is 0.456 e. The zero-order chi connectivity index (χ0) is 30.3. The second-order valence-corrected chi connectivity index (χ2v) is 17.3. The molecule has 0 radical (unpaired) electrons. The Kier molecular flexibility index (Phi) is 10.5. The van der Waals surface area contributed by atoms with Gasteiger partial charge in [0.05, 0.1) is 24.2 Å². The first-order valence-corrected chi connectivity index (χ1v) is 17.9. The van der Waals surface area contributed by atoms with Crippen LogP contribution in [0.3, 0.4) is 0 Å². The maximum absolute atomic E-state index is 14.1. The maximum Gasteiger partial charge on any atom is 0.418 e. The van der Waals surface area contributed by atoms with Gasteiger partial charge >= 0.3 is 12.2 Å². The van der Waals surface area contributed by atoms with E-state index in [1.54, 1.807) is 25.1 Å². The Morgan fingerprint density at radius 1 is 1.14 bits per heavy atom. The Labute approximate surface area is 245 Å². The number of halogens is 3. The van der Waals surface area contributed by atoms with E-state index in [1.807, 2.05) is 0 Å². The van der Waals surface area contributed by atoms with Crippen LogP contribution in [0, 0.1) is 6.92 Å². The molecule has 1 aliphatic rings. The summed E-state index contributed by atoms with van der Waals surface area (Å²) in [5.74, 6) is 0.404. The summed E-state index contributed by atoms with van der Waals surface area (Å²) in [5, 5.41) is 5.52. The minimum Gasteiger partial charge on any atom is -0.456 e. The Bertz CT molecular complexity index is 1350. The molecule has 13 heteroatoms. The molecule has 0 aliphatic carbocycles. The number of rotatable bonds is 12. The molecule has 1 saturated heterocycles. The van der Waals surface area contributed by atoms with Crippen LogP contribution in [0.15, 0.2) is 36.7 Å². The van der Waals surface area contributed by atoms with Gasteiger partial charge in [-0.05, 0) is 55.8 Å². The minimum atomic E-state index is -4.61. The number of nitrogens with one attached hydrogen (secondary N) is 2. The number of hydrogen-bond donors (Lipinski definition) is 2. The monoisotopic (exact) mass is 607 g/mol.